The topological polar surface area (TPSA) is 125 Å². The summed E-state index contributed by atoms with van der Waals surface area (Å²) in [5, 5.41) is 5.45. The van der Waals surface area contributed by atoms with Crippen molar-refractivity contribution in [3.8, 4) is 5.75 Å². The molecule has 34 heavy (non-hydrogen) atoms. The largest absolute Gasteiger partial charge is 0.495 e. The Kier molecular flexibility index (Phi) is 6.86. The lowest BCUT2D eigenvalue weighted by Crippen LogP contribution is -2.54. The summed E-state index contributed by atoms with van der Waals surface area (Å²) in [6, 6.07) is 3.71. The number of nitrogens with one attached hydrogen (secondary N) is 2. The molecule has 11 heteroatoms. The highest BCUT2D eigenvalue weighted by Crippen LogP contribution is 2.38. The van der Waals surface area contributed by atoms with Crippen molar-refractivity contribution in [3.63, 3.8) is 0 Å². The van der Waals surface area contributed by atoms with Gasteiger partial charge in [-0.2, -0.15) is 4.31 Å². The lowest BCUT2D eigenvalue weighted by atomic mass is 9.73. The molecule has 1 saturated carbocycles. The van der Waals surface area contributed by atoms with Gasteiger partial charge in [-0.1, -0.05) is 26.2 Å². The van der Waals surface area contributed by atoms with Gasteiger partial charge in [-0.25, -0.2) is 13.2 Å². The van der Waals surface area contributed by atoms with Crippen LogP contribution in [0.5, 0.6) is 5.75 Å². The van der Waals surface area contributed by atoms with Crippen molar-refractivity contribution < 1.29 is 27.5 Å². The molecule has 2 heterocycles. The SMILES string of the molecule is COc1ccc(S(=O)(=O)N2CCCCC2)cc1NC(=O)CN1C(=O)NC2(CCCCC2C)C1=O. The van der Waals surface area contributed by atoms with E-state index in [9.17, 15) is 22.8 Å². The third-order valence-corrected chi connectivity index (χ3v) is 9.10. The molecule has 1 aliphatic carbocycles. The molecule has 10 nitrogen and oxygen atoms in total. The number of sulfonamides is 1. The first kappa shape index (κ1) is 24.5. The van der Waals surface area contributed by atoms with Crippen molar-refractivity contribution in [2.45, 2.75) is 62.3 Å². The van der Waals surface area contributed by atoms with Crippen LogP contribution in [0, 0.1) is 5.92 Å². The summed E-state index contributed by atoms with van der Waals surface area (Å²) < 4.78 is 32.9. The van der Waals surface area contributed by atoms with Gasteiger partial charge in [0.05, 0.1) is 17.7 Å². The molecule has 2 aliphatic heterocycles. The minimum atomic E-state index is -3.71. The molecule has 3 fully saturated rings. The number of amides is 4. The fourth-order valence-corrected chi connectivity index (χ4v) is 6.72. The van der Waals surface area contributed by atoms with Crippen molar-refractivity contribution in [1.29, 1.82) is 0 Å². The van der Waals surface area contributed by atoms with Gasteiger partial charge in [0, 0.05) is 13.1 Å². The van der Waals surface area contributed by atoms with Gasteiger partial charge in [-0.15, -0.1) is 0 Å². The fourth-order valence-electron chi connectivity index (χ4n) is 5.17. The van der Waals surface area contributed by atoms with E-state index in [1.54, 1.807) is 0 Å². The minimum Gasteiger partial charge on any atom is -0.495 e. The summed E-state index contributed by atoms with van der Waals surface area (Å²) in [6.07, 6.45) is 5.85. The van der Waals surface area contributed by atoms with Crippen molar-refractivity contribution in [1.82, 2.24) is 14.5 Å². The summed E-state index contributed by atoms with van der Waals surface area (Å²) in [6.45, 7) is 2.40. The molecule has 1 spiro atoms. The van der Waals surface area contributed by atoms with E-state index in [0.29, 0.717) is 19.5 Å². The first-order chi connectivity index (χ1) is 16.2. The Balaban J connectivity index is 1.51. The molecule has 2 unspecified atom stereocenters. The maximum atomic E-state index is 13.1. The number of methoxy groups -OCH3 is 1. The zero-order chi connectivity index (χ0) is 24.5. The summed E-state index contributed by atoms with van der Waals surface area (Å²) in [7, 11) is -2.30. The van der Waals surface area contributed by atoms with Gasteiger partial charge >= 0.3 is 6.03 Å². The predicted octanol–water partition coefficient (Wildman–Crippen LogP) is 2.31. The first-order valence-corrected chi connectivity index (χ1v) is 13.3. The Morgan fingerprint density at radius 2 is 1.91 bits per heavy atom. The smallest absolute Gasteiger partial charge is 0.325 e. The number of anilines is 1. The van der Waals surface area contributed by atoms with Crippen molar-refractivity contribution in [2.75, 3.05) is 32.1 Å². The zero-order valence-corrected chi connectivity index (χ0v) is 20.4. The summed E-state index contributed by atoms with van der Waals surface area (Å²) in [5.74, 6) is -0.730. The van der Waals surface area contributed by atoms with Crippen LogP contribution in [-0.2, 0) is 19.6 Å². The van der Waals surface area contributed by atoms with Crippen LogP contribution in [0.4, 0.5) is 10.5 Å². The van der Waals surface area contributed by atoms with Gasteiger partial charge in [0.1, 0.15) is 17.8 Å². The van der Waals surface area contributed by atoms with E-state index >= 15 is 0 Å². The van der Waals surface area contributed by atoms with Crippen LogP contribution in [0.15, 0.2) is 23.1 Å². The lowest BCUT2D eigenvalue weighted by Gasteiger charge is -2.36. The molecule has 1 aromatic rings. The van der Waals surface area contributed by atoms with E-state index in [1.165, 1.54) is 29.6 Å². The predicted molar refractivity (Wildman–Crippen MR) is 125 cm³/mol. The van der Waals surface area contributed by atoms with Crippen molar-refractivity contribution >= 4 is 33.6 Å². The zero-order valence-electron chi connectivity index (χ0n) is 19.6. The Morgan fingerprint density at radius 3 is 2.59 bits per heavy atom. The molecule has 2 atom stereocenters. The van der Waals surface area contributed by atoms with Crippen LogP contribution in [0.25, 0.3) is 0 Å². The van der Waals surface area contributed by atoms with Crippen LogP contribution >= 0.6 is 0 Å². The second-order valence-corrected chi connectivity index (χ2v) is 11.3. The summed E-state index contributed by atoms with van der Waals surface area (Å²) >= 11 is 0. The Hall–Kier alpha value is -2.66. The van der Waals surface area contributed by atoms with Gasteiger partial charge in [-0.3, -0.25) is 14.5 Å². The highest BCUT2D eigenvalue weighted by atomic mass is 32.2. The normalized spacial score (nSPS) is 25.9. The molecule has 2 N–H and O–H groups in total. The third kappa shape index (κ3) is 4.38. The molecular weight excluding hydrogens is 460 g/mol. The number of rotatable bonds is 6. The van der Waals surface area contributed by atoms with Crippen LogP contribution in [0.3, 0.4) is 0 Å². The Bertz CT molecular complexity index is 1080. The van der Waals surface area contributed by atoms with Gasteiger partial charge < -0.3 is 15.4 Å². The molecule has 0 bridgehead atoms. The fraction of sp³-hybridized carbons (Fsp3) is 0.609. The van der Waals surface area contributed by atoms with E-state index in [0.717, 1.165) is 43.4 Å². The molecule has 0 radical (unpaired) electrons. The maximum Gasteiger partial charge on any atom is 0.325 e. The van der Waals surface area contributed by atoms with E-state index in [1.807, 2.05) is 6.92 Å². The number of imide groups is 1. The summed E-state index contributed by atoms with van der Waals surface area (Å²) in [5.41, 5.74) is -0.783. The number of carbonyl (C=O) groups is 3. The number of piperidine rings is 1. The molecule has 1 aromatic carbocycles. The molecule has 3 aliphatic rings. The number of nitrogens with zero attached hydrogens (tertiary/aromatic N) is 2. The Labute approximate surface area is 200 Å². The number of hydrogen-bond acceptors (Lipinski definition) is 6. The van der Waals surface area contributed by atoms with Crippen LogP contribution in [0.1, 0.15) is 51.9 Å². The molecule has 0 aromatic heterocycles. The molecule has 186 valence electrons. The Morgan fingerprint density at radius 1 is 1.18 bits per heavy atom. The van der Waals surface area contributed by atoms with E-state index in [-0.39, 0.29) is 28.2 Å². The molecule has 4 rings (SSSR count). The van der Waals surface area contributed by atoms with Gasteiger partial charge in [0.2, 0.25) is 15.9 Å². The number of urea groups is 1. The average Bonchev–Trinajstić information content (AvgIpc) is 3.06. The van der Waals surface area contributed by atoms with E-state index < -0.39 is 34.0 Å². The highest BCUT2D eigenvalue weighted by molar-refractivity contribution is 7.89. The lowest BCUT2D eigenvalue weighted by molar-refractivity contribution is -0.136. The second-order valence-electron chi connectivity index (χ2n) is 9.31. The average molecular weight is 493 g/mol. The number of carbonyl (C=O) groups excluding carboxylic acids is 3. The second kappa shape index (κ2) is 9.53. The number of hydrogen-bond donors (Lipinski definition) is 2. The number of ether oxygens (including phenoxy) is 1. The van der Waals surface area contributed by atoms with Gasteiger partial charge in [0.25, 0.3) is 5.91 Å². The highest BCUT2D eigenvalue weighted by Gasteiger charge is 2.55. The van der Waals surface area contributed by atoms with Gasteiger partial charge in [-0.05, 0) is 49.8 Å². The monoisotopic (exact) mass is 492 g/mol. The third-order valence-electron chi connectivity index (χ3n) is 7.20. The minimum absolute atomic E-state index is 0.0115. The standard InChI is InChI=1S/C23H32N4O6S/c1-16-8-4-5-11-23(16)21(29)27(22(30)25-23)15-20(28)24-18-14-17(9-10-19(18)33-2)34(31,32)26-12-6-3-7-13-26/h9-10,14,16H,3-8,11-13,15H2,1-2H3,(H,24,28)(H,25,30). The molecule has 2 saturated heterocycles. The quantitative estimate of drug-likeness (QED) is 0.587. The maximum absolute atomic E-state index is 13.1. The molecule has 4 amide bonds. The molecular formula is C23H32N4O6S. The number of benzene rings is 1. The van der Waals surface area contributed by atoms with Crippen molar-refractivity contribution in [3.05, 3.63) is 18.2 Å². The first-order valence-electron chi connectivity index (χ1n) is 11.8. The van der Waals surface area contributed by atoms with Crippen LogP contribution in [0.2, 0.25) is 0 Å². The van der Waals surface area contributed by atoms with E-state index in [4.69, 9.17) is 4.74 Å². The van der Waals surface area contributed by atoms with Crippen LogP contribution in [-0.4, -0.2) is 67.8 Å². The van der Waals surface area contributed by atoms with Crippen molar-refractivity contribution in [2.24, 2.45) is 5.92 Å². The van der Waals surface area contributed by atoms with E-state index in [2.05, 4.69) is 10.6 Å². The van der Waals surface area contributed by atoms with Gasteiger partial charge in [0.15, 0.2) is 0 Å². The summed E-state index contributed by atoms with van der Waals surface area (Å²) in [4.78, 5) is 39.5. The van der Waals surface area contributed by atoms with Crippen LogP contribution < -0.4 is 15.4 Å².